The molecule has 96 valence electrons. The minimum absolute atomic E-state index is 0.0499. The number of carbonyl (C=O) groups is 1. The second-order valence-electron chi connectivity index (χ2n) is 3.67. The molecule has 1 saturated heterocycles. The Labute approximate surface area is 105 Å². The predicted octanol–water partition coefficient (Wildman–Crippen LogP) is 1.36. The maximum atomic E-state index is 11.0. The molecule has 0 bridgehead atoms. The molecule has 1 heterocycles. The third-order valence-corrected chi connectivity index (χ3v) is 2.41. The number of nitrogens with zero attached hydrogens (tertiary/aromatic N) is 1. The molecule has 1 aliphatic heterocycles. The van der Waals surface area contributed by atoms with Gasteiger partial charge in [-0.25, -0.2) is 10.2 Å². The van der Waals surface area contributed by atoms with Gasteiger partial charge in [0.25, 0.3) is 0 Å². The van der Waals surface area contributed by atoms with E-state index in [9.17, 15) is 4.79 Å². The van der Waals surface area contributed by atoms with Gasteiger partial charge in [-0.3, -0.25) is 0 Å². The second-order valence-corrected chi connectivity index (χ2v) is 3.67. The first-order valence-corrected chi connectivity index (χ1v) is 5.74. The van der Waals surface area contributed by atoms with Crippen molar-refractivity contribution in [3.63, 3.8) is 0 Å². The van der Waals surface area contributed by atoms with Crippen LogP contribution in [0.15, 0.2) is 35.4 Å². The number of ether oxygens (including phenoxy) is 2. The van der Waals surface area contributed by atoms with Crippen molar-refractivity contribution in [3.8, 4) is 0 Å². The van der Waals surface area contributed by atoms with Crippen molar-refractivity contribution in [1.29, 1.82) is 0 Å². The molecule has 1 aromatic rings. The molecule has 0 radical (unpaired) electrons. The highest BCUT2D eigenvalue weighted by molar-refractivity contribution is 5.78. The van der Waals surface area contributed by atoms with Crippen molar-refractivity contribution in [2.75, 3.05) is 13.2 Å². The SMILES string of the molecule is CCOC(=O)NN=C1N[C@H](c2ccccc2)CO1. The van der Waals surface area contributed by atoms with Crippen LogP contribution >= 0.6 is 0 Å². The normalized spacial score (nSPS) is 20.1. The lowest BCUT2D eigenvalue weighted by molar-refractivity contribution is 0.152. The second kappa shape index (κ2) is 5.90. The fraction of sp³-hybridized carbons (Fsp3) is 0.333. The lowest BCUT2D eigenvalue weighted by Gasteiger charge is -2.06. The van der Waals surface area contributed by atoms with E-state index < -0.39 is 6.09 Å². The van der Waals surface area contributed by atoms with Crippen LogP contribution in [-0.2, 0) is 9.47 Å². The molecule has 1 atom stereocenters. The average Bonchev–Trinajstić information content (AvgIpc) is 2.87. The summed E-state index contributed by atoms with van der Waals surface area (Å²) in [5, 5.41) is 6.84. The molecule has 1 fully saturated rings. The van der Waals surface area contributed by atoms with Gasteiger partial charge in [-0.05, 0) is 12.5 Å². The van der Waals surface area contributed by atoms with E-state index in [1.807, 2.05) is 30.3 Å². The molecule has 6 nitrogen and oxygen atoms in total. The molecule has 0 aliphatic carbocycles. The molecule has 18 heavy (non-hydrogen) atoms. The average molecular weight is 249 g/mol. The first kappa shape index (κ1) is 12.2. The quantitative estimate of drug-likeness (QED) is 0.793. The summed E-state index contributed by atoms with van der Waals surface area (Å²) in [5.74, 6) is 0. The van der Waals surface area contributed by atoms with E-state index in [-0.39, 0.29) is 12.1 Å². The maximum absolute atomic E-state index is 11.0. The van der Waals surface area contributed by atoms with Crippen LogP contribution in [0.4, 0.5) is 4.79 Å². The van der Waals surface area contributed by atoms with Crippen molar-refractivity contribution < 1.29 is 14.3 Å². The minimum atomic E-state index is -0.599. The summed E-state index contributed by atoms with van der Waals surface area (Å²) in [6.45, 7) is 2.51. The van der Waals surface area contributed by atoms with Gasteiger partial charge in [0.1, 0.15) is 6.61 Å². The highest BCUT2D eigenvalue weighted by atomic mass is 16.6. The number of rotatable bonds is 3. The van der Waals surface area contributed by atoms with Gasteiger partial charge in [0.2, 0.25) is 0 Å². The zero-order chi connectivity index (χ0) is 12.8. The lowest BCUT2D eigenvalue weighted by Crippen LogP contribution is -2.26. The maximum Gasteiger partial charge on any atom is 0.427 e. The molecule has 2 N–H and O–H groups in total. The Morgan fingerprint density at radius 2 is 2.33 bits per heavy atom. The van der Waals surface area contributed by atoms with E-state index in [1.165, 1.54) is 0 Å². The molecule has 1 aromatic carbocycles. The fourth-order valence-electron chi connectivity index (χ4n) is 1.58. The molecule has 6 heteroatoms. The van der Waals surface area contributed by atoms with Crippen LogP contribution in [0.25, 0.3) is 0 Å². The summed E-state index contributed by atoms with van der Waals surface area (Å²) in [6, 6.07) is 10.2. The number of nitrogens with one attached hydrogen (secondary N) is 2. The third kappa shape index (κ3) is 3.13. The fourth-order valence-corrected chi connectivity index (χ4v) is 1.58. The summed E-state index contributed by atoms with van der Waals surface area (Å²) in [5.41, 5.74) is 3.35. The molecule has 1 aliphatic rings. The van der Waals surface area contributed by atoms with Crippen molar-refractivity contribution in [2.45, 2.75) is 13.0 Å². The van der Waals surface area contributed by atoms with E-state index >= 15 is 0 Å². The molecule has 0 spiro atoms. The van der Waals surface area contributed by atoms with Gasteiger partial charge >= 0.3 is 12.1 Å². The zero-order valence-corrected chi connectivity index (χ0v) is 10.1. The van der Waals surface area contributed by atoms with Gasteiger partial charge in [-0.2, -0.15) is 0 Å². The van der Waals surface area contributed by atoms with Crippen molar-refractivity contribution >= 4 is 12.1 Å². The van der Waals surface area contributed by atoms with Gasteiger partial charge in [-0.15, -0.1) is 5.10 Å². The number of benzene rings is 1. The van der Waals surface area contributed by atoms with Crippen molar-refractivity contribution in [1.82, 2.24) is 10.7 Å². The van der Waals surface area contributed by atoms with Crippen LogP contribution in [0.3, 0.4) is 0 Å². The van der Waals surface area contributed by atoms with E-state index in [2.05, 4.69) is 20.6 Å². The Balaban J connectivity index is 1.88. The van der Waals surface area contributed by atoms with Gasteiger partial charge < -0.3 is 14.8 Å². The predicted molar refractivity (Wildman–Crippen MR) is 65.9 cm³/mol. The molecular weight excluding hydrogens is 234 g/mol. The third-order valence-electron chi connectivity index (χ3n) is 2.41. The van der Waals surface area contributed by atoms with E-state index in [1.54, 1.807) is 6.92 Å². The molecule has 0 aromatic heterocycles. The largest absolute Gasteiger partial charge is 0.461 e. The smallest absolute Gasteiger partial charge is 0.427 e. The molecule has 0 unspecified atom stereocenters. The molecule has 2 rings (SSSR count). The van der Waals surface area contributed by atoms with E-state index in [4.69, 9.17) is 4.74 Å². The van der Waals surface area contributed by atoms with Crippen LogP contribution in [0.1, 0.15) is 18.5 Å². The van der Waals surface area contributed by atoms with Crippen LogP contribution in [0.2, 0.25) is 0 Å². The first-order chi connectivity index (χ1) is 8.79. The molecular formula is C12H15N3O3. The van der Waals surface area contributed by atoms with Crippen LogP contribution < -0.4 is 10.7 Å². The standard InChI is InChI=1S/C12H15N3O3/c1-2-17-12(16)15-14-11-13-10(8-18-11)9-6-4-3-5-7-9/h3-7,10H,2,8H2,1H3,(H,13,14)(H,15,16)/t10-/m0/s1. The Morgan fingerprint density at radius 1 is 1.56 bits per heavy atom. The van der Waals surface area contributed by atoms with Crippen molar-refractivity contribution in [3.05, 3.63) is 35.9 Å². The summed E-state index contributed by atoms with van der Waals surface area (Å²) in [6.07, 6.45) is -0.599. The van der Waals surface area contributed by atoms with Crippen LogP contribution in [-0.4, -0.2) is 25.3 Å². The Bertz CT molecular complexity index is 433. The summed E-state index contributed by atoms with van der Waals surface area (Å²) in [7, 11) is 0. The highest BCUT2D eigenvalue weighted by Gasteiger charge is 2.22. The topological polar surface area (TPSA) is 72.0 Å². The number of hydrogen-bond acceptors (Lipinski definition) is 4. The zero-order valence-electron chi connectivity index (χ0n) is 10.1. The number of amidine groups is 1. The number of amides is 1. The monoisotopic (exact) mass is 249 g/mol. The highest BCUT2D eigenvalue weighted by Crippen LogP contribution is 2.17. The lowest BCUT2D eigenvalue weighted by atomic mass is 10.1. The number of hydrazone groups is 1. The molecule has 0 saturated carbocycles. The van der Waals surface area contributed by atoms with Crippen molar-refractivity contribution in [2.24, 2.45) is 5.10 Å². The molecule has 1 amide bonds. The van der Waals surface area contributed by atoms with E-state index in [0.29, 0.717) is 13.2 Å². The van der Waals surface area contributed by atoms with Gasteiger partial charge in [0.05, 0.1) is 12.6 Å². The summed E-state index contributed by atoms with van der Waals surface area (Å²) < 4.78 is 9.99. The summed E-state index contributed by atoms with van der Waals surface area (Å²) >= 11 is 0. The summed E-state index contributed by atoms with van der Waals surface area (Å²) in [4.78, 5) is 11.0. The number of hydrogen-bond donors (Lipinski definition) is 2. The van der Waals surface area contributed by atoms with Gasteiger partial charge in [-0.1, -0.05) is 30.3 Å². The van der Waals surface area contributed by atoms with E-state index in [0.717, 1.165) is 5.56 Å². The number of carbonyl (C=O) groups excluding carboxylic acids is 1. The van der Waals surface area contributed by atoms with Crippen LogP contribution in [0, 0.1) is 0 Å². The Hall–Kier alpha value is -2.24. The van der Waals surface area contributed by atoms with Crippen LogP contribution in [0.5, 0.6) is 0 Å². The van der Waals surface area contributed by atoms with Gasteiger partial charge in [0.15, 0.2) is 0 Å². The Morgan fingerprint density at radius 3 is 3.06 bits per heavy atom. The Kier molecular flexibility index (Phi) is 4.01. The minimum Gasteiger partial charge on any atom is -0.461 e. The first-order valence-electron chi connectivity index (χ1n) is 5.74. The van der Waals surface area contributed by atoms with Gasteiger partial charge in [0, 0.05) is 0 Å².